The monoisotopic (exact) mass is 188 g/mol. The number of methoxy groups -OCH3 is 1. The van der Waals surface area contributed by atoms with Crippen LogP contribution in [-0.2, 0) is 0 Å². The second-order valence-electron chi connectivity index (χ2n) is 2.58. The van der Waals surface area contributed by atoms with E-state index in [0.717, 1.165) is 0 Å². The second kappa shape index (κ2) is 3.55. The van der Waals surface area contributed by atoms with Crippen LogP contribution in [-0.4, -0.2) is 12.1 Å². The van der Waals surface area contributed by atoms with Crippen LogP contribution in [0.2, 0.25) is 0 Å². The van der Waals surface area contributed by atoms with E-state index in [2.05, 4.69) is 4.98 Å². The minimum absolute atomic E-state index is 0.174. The van der Waals surface area contributed by atoms with E-state index >= 15 is 0 Å². The molecule has 72 valence electrons. The third kappa shape index (κ3) is 1.85. The zero-order valence-electron chi connectivity index (χ0n) is 7.34. The molecule has 2 N–H and O–H groups in total. The first-order valence-electron chi connectivity index (χ1n) is 3.65. The lowest BCUT2D eigenvalue weighted by atomic mass is 10.1. The standard InChI is InChI=1S/C8H10F2N2O/c1-4-3-5(13-2)12-8(11)6(4)7(9)10/h3,7H,1-2H3,(H2,11,12). The van der Waals surface area contributed by atoms with E-state index in [-0.39, 0.29) is 17.3 Å². The molecule has 0 saturated carbocycles. The molecule has 5 heteroatoms. The summed E-state index contributed by atoms with van der Waals surface area (Å²) in [5.41, 5.74) is 5.49. The number of halogens is 2. The van der Waals surface area contributed by atoms with Gasteiger partial charge in [0.05, 0.1) is 12.7 Å². The van der Waals surface area contributed by atoms with Crippen molar-refractivity contribution in [2.75, 3.05) is 12.8 Å². The van der Waals surface area contributed by atoms with Crippen LogP contribution in [0.5, 0.6) is 5.88 Å². The zero-order valence-corrected chi connectivity index (χ0v) is 7.34. The molecule has 0 bridgehead atoms. The molecular formula is C8H10F2N2O. The molecule has 0 atom stereocenters. The maximum absolute atomic E-state index is 12.4. The van der Waals surface area contributed by atoms with Crippen molar-refractivity contribution < 1.29 is 13.5 Å². The first-order valence-corrected chi connectivity index (χ1v) is 3.65. The summed E-state index contributed by atoms with van der Waals surface area (Å²) >= 11 is 0. The lowest BCUT2D eigenvalue weighted by Crippen LogP contribution is -2.02. The average Bonchev–Trinajstić information content (AvgIpc) is 2.02. The highest BCUT2D eigenvalue weighted by Crippen LogP contribution is 2.29. The van der Waals surface area contributed by atoms with Gasteiger partial charge in [0.25, 0.3) is 6.43 Å². The molecule has 0 saturated heterocycles. The summed E-state index contributed by atoms with van der Waals surface area (Å²) in [5, 5.41) is 0. The summed E-state index contributed by atoms with van der Waals surface area (Å²) in [6.07, 6.45) is -2.60. The highest BCUT2D eigenvalue weighted by Gasteiger charge is 2.16. The summed E-state index contributed by atoms with van der Waals surface area (Å²) in [5.74, 6) is 0.0752. The topological polar surface area (TPSA) is 48.1 Å². The first-order chi connectivity index (χ1) is 6.06. The SMILES string of the molecule is COc1cc(C)c(C(F)F)c(N)n1. The van der Waals surface area contributed by atoms with Crippen LogP contribution in [0.4, 0.5) is 14.6 Å². The van der Waals surface area contributed by atoms with Gasteiger partial charge in [0, 0.05) is 6.07 Å². The van der Waals surface area contributed by atoms with Crippen LogP contribution >= 0.6 is 0 Å². The Hall–Kier alpha value is -1.39. The maximum Gasteiger partial charge on any atom is 0.267 e. The molecule has 0 fully saturated rings. The van der Waals surface area contributed by atoms with Crippen LogP contribution in [0, 0.1) is 6.92 Å². The van der Waals surface area contributed by atoms with E-state index in [4.69, 9.17) is 10.5 Å². The van der Waals surface area contributed by atoms with Crippen molar-refractivity contribution in [1.29, 1.82) is 0 Å². The van der Waals surface area contributed by atoms with Crippen molar-refractivity contribution in [3.63, 3.8) is 0 Å². The summed E-state index contributed by atoms with van der Waals surface area (Å²) in [7, 11) is 1.41. The van der Waals surface area contributed by atoms with Crippen molar-refractivity contribution in [2.45, 2.75) is 13.3 Å². The number of anilines is 1. The van der Waals surface area contributed by atoms with Crippen LogP contribution < -0.4 is 10.5 Å². The molecule has 3 nitrogen and oxygen atoms in total. The van der Waals surface area contributed by atoms with E-state index < -0.39 is 6.43 Å². The van der Waals surface area contributed by atoms with Crippen molar-refractivity contribution in [3.05, 3.63) is 17.2 Å². The Morgan fingerprint density at radius 3 is 2.54 bits per heavy atom. The third-order valence-electron chi connectivity index (χ3n) is 1.70. The van der Waals surface area contributed by atoms with Gasteiger partial charge in [0.2, 0.25) is 5.88 Å². The quantitative estimate of drug-likeness (QED) is 0.771. The van der Waals surface area contributed by atoms with Crippen LogP contribution in [0.3, 0.4) is 0 Å². The number of aryl methyl sites for hydroxylation is 1. The Morgan fingerprint density at radius 1 is 1.54 bits per heavy atom. The number of hydrogen-bond donors (Lipinski definition) is 1. The normalized spacial score (nSPS) is 10.5. The van der Waals surface area contributed by atoms with Crippen molar-refractivity contribution >= 4 is 5.82 Å². The molecule has 0 radical (unpaired) electrons. The molecule has 0 unspecified atom stereocenters. The van der Waals surface area contributed by atoms with Gasteiger partial charge in [0.1, 0.15) is 5.82 Å². The predicted octanol–water partition coefficient (Wildman–Crippen LogP) is 1.92. The zero-order chi connectivity index (χ0) is 10.0. The number of nitrogen functional groups attached to an aromatic ring is 1. The summed E-state index contributed by atoms with van der Waals surface area (Å²) in [6, 6.07) is 1.43. The first kappa shape index (κ1) is 9.70. The smallest absolute Gasteiger partial charge is 0.267 e. The highest BCUT2D eigenvalue weighted by molar-refractivity contribution is 5.47. The van der Waals surface area contributed by atoms with E-state index in [1.165, 1.54) is 13.2 Å². The molecule has 0 aromatic carbocycles. The molecule has 1 aromatic rings. The number of pyridine rings is 1. The highest BCUT2D eigenvalue weighted by atomic mass is 19.3. The van der Waals surface area contributed by atoms with E-state index in [9.17, 15) is 8.78 Å². The van der Waals surface area contributed by atoms with Gasteiger partial charge in [-0.15, -0.1) is 0 Å². The van der Waals surface area contributed by atoms with Gasteiger partial charge < -0.3 is 10.5 Å². The average molecular weight is 188 g/mol. The number of nitrogens with two attached hydrogens (primary N) is 1. The minimum atomic E-state index is -2.60. The van der Waals surface area contributed by atoms with Crippen molar-refractivity contribution in [1.82, 2.24) is 4.98 Å². The lowest BCUT2D eigenvalue weighted by Gasteiger charge is -2.09. The van der Waals surface area contributed by atoms with Gasteiger partial charge in [-0.1, -0.05) is 0 Å². The molecule has 0 aliphatic carbocycles. The molecule has 1 aromatic heterocycles. The second-order valence-corrected chi connectivity index (χ2v) is 2.58. The fourth-order valence-electron chi connectivity index (χ4n) is 1.06. The number of aromatic nitrogens is 1. The van der Waals surface area contributed by atoms with Gasteiger partial charge in [0.15, 0.2) is 0 Å². The minimum Gasteiger partial charge on any atom is -0.481 e. The number of alkyl halides is 2. The Balaban J connectivity index is 3.23. The molecule has 0 spiro atoms. The summed E-state index contributed by atoms with van der Waals surface area (Å²) < 4.78 is 29.5. The van der Waals surface area contributed by atoms with Crippen LogP contribution in [0.1, 0.15) is 17.6 Å². The molecule has 13 heavy (non-hydrogen) atoms. The molecule has 1 heterocycles. The fourth-order valence-corrected chi connectivity index (χ4v) is 1.06. The van der Waals surface area contributed by atoms with Gasteiger partial charge in [-0.2, -0.15) is 4.98 Å². The number of rotatable bonds is 2. The van der Waals surface area contributed by atoms with Gasteiger partial charge in [-0.05, 0) is 12.5 Å². The number of ether oxygens (including phenoxy) is 1. The Kier molecular flexibility index (Phi) is 2.65. The van der Waals surface area contributed by atoms with Crippen LogP contribution in [0.15, 0.2) is 6.07 Å². The van der Waals surface area contributed by atoms with Crippen molar-refractivity contribution in [2.24, 2.45) is 0 Å². The lowest BCUT2D eigenvalue weighted by molar-refractivity contribution is 0.151. The van der Waals surface area contributed by atoms with Crippen LogP contribution in [0.25, 0.3) is 0 Å². The Morgan fingerprint density at radius 2 is 2.15 bits per heavy atom. The van der Waals surface area contributed by atoms with Crippen molar-refractivity contribution in [3.8, 4) is 5.88 Å². The molecule has 1 rings (SSSR count). The van der Waals surface area contributed by atoms with Gasteiger partial charge in [-0.3, -0.25) is 0 Å². The largest absolute Gasteiger partial charge is 0.481 e. The Bertz CT molecular complexity index is 292. The Labute approximate surface area is 74.5 Å². The molecule has 0 aliphatic heterocycles. The summed E-state index contributed by atoms with van der Waals surface area (Å²) in [6.45, 7) is 1.54. The maximum atomic E-state index is 12.4. The predicted molar refractivity (Wildman–Crippen MR) is 44.9 cm³/mol. The number of hydrogen-bond acceptors (Lipinski definition) is 3. The van der Waals surface area contributed by atoms with E-state index in [1.54, 1.807) is 6.92 Å². The molecular weight excluding hydrogens is 178 g/mol. The molecule has 0 amide bonds. The van der Waals surface area contributed by atoms with E-state index in [0.29, 0.717) is 5.56 Å². The van der Waals surface area contributed by atoms with Gasteiger partial charge in [-0.25, -0.2) is 8.78 Å². The molecule has 0 aliphatic rings. The van der Waals surface area contributed by atoms with E-state index in [1.807, 2.05) is 0 Å². The fraction of sp³-hybridized carbons (Fsp3) is 0.375. The van der Waals surface area contributed by atoms with Gasteiger partial charge >= 0.3 is 0 Å². The number of nitrogens with zero attached hydrogens (tertiary/aromatic N) is 1. The summed E-state index contributed by atoms with van der Waals surface area (Å²) in [4.78, 5) is 3.65. The third-order valence-corrected chi connectivity index (χ3v) is 1.70.